The SMILES string of the molecule is COc1cc(N2CCN(C(=O)OCc3ccccc3)CC2)ccc1N. The van der Waals surface area contributed by atoms with Crippen LogP contribution in [0.1, 0.15) is 5.56 Å². The third-order valence-corrected chi connectivity index (χ3v) is 4.33. The molecule has 1 aliphatic rings. The van der Waals surface area contributed by atoms with Crippen LogP contribution in [0.2, 0.25) is 0 Å². The van der Waals surface area contributed by atoms with E-state index in [0.29, 0.717) is 31.1 Å². The van der Waals surface area contributed by atoms with Gasteiger partial charge in [-0.1, -0.05) is 30.3 Å². The van der Waals surface area contributed by atoms with E-state index in [0.717, 1.165) is 24.3 Å². The van der Waals surface area contributed by atoms with Crippen LogP contribution in [0.4, 0.5) is 16.2 Å². The first-order valence-corrected chi connectivity index (χ1v) is 8.31. The van der Waals surface area contributed by atoms with Crippen molar-refractivity contribution < 1.29 is 14.3 Å². The molecule has 6 nitrogen and oxygen atoms in total. The van der Waals surface area contributed by atoms with Gasteiger partial charge in [-0.3, -0.25) is 0 Å². The Balaban J connectivity index is 1.52. The summed E-state index contributed by atoms with van der Waals surface area (Å²) in [7, 11) is 1.61. The molecule has 0 aliphatic carbocycles. The number of methoxy groups -OCH3 is 1. The van der Waals surface area contributed by atoms with Gasteiger partial charge < -0.3 is 25.0 Å². The quantitative estimate of drug-likeness (QED) is 0.866. The zero-order valence-corrected chi connectivity index (χ0v) is 14.4. The fraction of sp³-hybridized carbons (Fsp3) is 0.316. The Morgan fingerprint density at radius 2 is 1.80 bits per heavy atom. The van der Waals surface area contributed by atoms with E-state index in [1.165, 1.54) is 0 Å². The topological polar surface area (TPSA) is 68.0 Å². The fourth-order valence-electron chi connectivity index (χ4n) is 2.85. The van der Waals surface area contributed by atoms with Crippen molar-refractivity contribution in [3.8, 4) is 5.75 Å². The van der Waals surface area contributed by atoms with Crippen molar-refractivity contribution in [3.63, 3.8) is 0 Å². The highest BCUT2D eigenvalue weighted by Gasteiger charge is 2.22. The summed E-state index contributed by atoms with van der Waals surface area (Å²) in [6, 6.07) is 15.4. The van der Waals surface area contributed by atoms with E-state index in [1.807, 2.05) is 48.5 Å². The van der Waals surface area contributed by atoms with Crippen LogP contribution < -0.4 is 15.4 Å². The van der Waals surface area contributed by atoms with E-state index in [-0.39, 0.29) is 6.09 Å². The van der Waals surface area contributed by atoms with Gasteiger partial charge >= 0.3 is 6.09 Å². The van der Waals surface area contributed by atoms with Gasteiger partial charge in [0.1, 0.15) is 12.4 Å². The molecule has 0 radical (unpaired) electrons. The Hall–Kier alpha value is -2.89. The molecule has 3 rings (SSSR count). The maximum atomic E-state index is 12.2. The second-order valence-corrected chi connectivity index (χ2v) is 5.94. The lowest BCUT2D eigenvalue weighted by Gasteiger charge is -2.35. The number of rotatable bonds is 4. The Kier molecular flexibility index (Phi) is 5.28. The first-order chi connectivity index (χ1) is 12.2. The predicted molar refractivity (Wildman–Crippen MR) is 97.8 cm³/mol. The van der Waals surface area contributed by atoms with Crippen LogP contribution >= 0.6 is 0 Å². The molecule has 0 saturated carbocycles. The Morgan fingerprint density at radius 1 is 1.08 bits per heavy atom. The van der Waals surface area contributed by atoms with Gasteiger partial charge in [0.25, 0.3) is 0 Å². The van der Waals surface area contributed by atoms with E-state index in [2.05, 4.69) is 4.90 Å². The monoisotopic (exact) mass is 341 g/mol. The summed E-state index contributed by atoms with van der Waals surface area (Å²) in [5.41, 5.74) is 8.51. The molecule has 0 unspecified atom stereocenters. The van der Waals surface area contributed by atoms with Crippen LogP contribution in [0.3, 0.4) is 0 Å². The lowest BCUT2D eigenvalue weighted by Crippen LogP contribution is -2.48. The van der Waals surface area contributed by atoms with Crippen molar-refractivity contribution in [2.75, 3.05) is 43.9 Å². The van der Waals surface area contributed by atoms with E-state index in [4.69, 9.17) is 15.2 Å². The van der Waals surface area contributed by atoms with Crippen LogP contribution in [0.15, 0.2) is 48.5 Å². The van der Waals surface area contributed by atoms with Crippen molar-refractivity contribution in [1.29, 1.82) is 0 Å². The lowest BCUT2D eigenvalue weighted by atomic mass is 10.2. The largest absolute Gasteiger partial charge is 0.495 e. The molecule has 1 heterocycles. The molecule has 1 amide bonds. The van der Waals surface area contributed by atoms with Gasteiger partial charge in [-0.2, -0.15) is 0 Å². The molecule has 2 aromatic carbocycles. The Bertz CT molecular complexity index is 713. The summed E-state index contributed by atoms with van der Waals surface area (Å²) in [4.78, 5) is 16.2. The third kappa shape index (κ3) is 4.15. The number of carbonyl (C=O) groups is 1. The fourth-order valence-corrected chi connectivity index (χ4v) is 2.85. The van der Waals surface area contributed by atoms with Crippen molar-refractivity contribution in [2.24, 2.45) is 0 Å². The molecule has 0 aromatic heterocycles. The smallest absolute Gasteiger partial charge is 0.410 e. The van der Waals surface area contributed by atoms with Crippen LogP contribution in [-0.2, 0) is 11.3 Å². The summed E-state index contributed by atoms with van der Waals surface area (Å²) in [6.07, 6.45) is -0.265. The summed E-state index contributed by atoms with van der Waals surface area (Å²) in [6.45, 7) is 3.04. The van der Waals surface area contributed by atoms with E-state index in [9.17, 15) is 4.79 Å². The highest BCUT2D eigenvalue weighted by atomic mass is 16.6. The normalized spacial score (nSPS) is 14.3. The average molecular weight is 341 g/mol. The summed E-state index contributed by atoms with van der Waals surface area (Å²) in [5, 5.41) is 0. The number of amides is 1. The number of ether oxygens (including phenoxy) is 2. The van der Waals surface area contributed by atoms with Crippen molar-refractivity contribution in [3.05, 3.63) is 54.1 Å². The van der Waals surface area contributed by atoms with Crippen molar-refractivity contribution in [1.82, 2.24) is 4.90 Å². The van der Waals surface area contributed by atoms with Crippen molar-refractivity contribution in [2.45, 2.75) is 6.61 Å². The highest BCUT2D eigenvalue weighted by Crippen LogP contribution is 2.28. The molecule has 6 heteroatoms. The summed E-state index contributed by atoms with van der Waals surface area (Å²) < 4.78 is 10.7. The Labute approximate surface area is 147 Å². The number of carbonyl (C=O) groups excluding carboxylic acids is 1. The summed E-state index contributed by atoms with van der Waals surface area (Å²) in [5.74, 6) is 0.669. The second-order valence-electron chi connectivity index (χ2n) is 5.94. The minimum absolute atomic E-state index is 0.265. The second kappa shape index (κ2) is 7.79. The van der Waals surface area contributed by atoms with Gasteiger partial charge in [-0.15, -0.1) is 0 Å². The van der Waals surface area contributed by atoms with Crippen LogP contribution in [-0.4, -0.2) is 44.3 Å². The molecule has 1 aliphatic heterocycles. The molecule has 25 heavy (non-hydrogen) atoms. The van der Waals surface area contributed by atoms with E-state index in [1.54, 1.807) is 12.0 Å². The molecule has 0 spiro atoms. The number of hydrogen-bond donors (Lipinski definition) is 1. The number of benzene rings is 2. The van der Waals surface area contributed by atoms with Gasteiger partial charge in [0.15, 0.2) is 0 Å². The van der Waals surface area contributed by atoms with Gasteiger partial charge in [-0.25, -0.2) is 4.79 Å². The van der Waals surface area contributed by atoms with Crippen LogP contribution in [0.5, 0.6) is 5.75 Å². The van der Waals surface area contributed by atoms with E-state index >= 15 is 0 Å². The molecule has 1 saturated heterocycles. The van der Waals surface area contributed by atoms with Crippen molar-refractivity contribution >= 4 is 17.5 Å². The third-order valence-electron chi connectivity index (χ3n) is 4.33. The van der Waals surface area contributed by atoms with Crippen LogP contribution in [0, 0.1) is 0 Å². The predicted octanol–water partition coefficient (Wildman–Crippen LogP) is 2.74. The standard InChI is InChI=1S/C19H23N3O3/c1-24-18-13-16(7-8-17(18)20)21-9-11-22(12-10-21)19(23)25-14-15-5-3-2-4-6-15/h2-8,13H,9-12,14,20H2,1H3. The average Bonchev–Trinajstić information content (AvgIpc) is 2.67. The molecule has 132 valence electrons. The molecule has 2 N–H and O–H groups in total. The molecular formula is C19H23N3O3. The zero-order chi connectivity index (χ0) is 17.6. The highest BCUT2D eigenvalue weighted by molar-refractivity contribution is 5.68. The minimum atomic E-state index is -0.265. The molecule has 0 bridgehead atoms. The Morgan fingerprint density at radius 3 is 2.48 bits per heavy atom. The molecule has 1 fully saturated rings. The van der Waals surface area contributed by atoms with Crippen LogP contribution in [0.25, 0.3) is 0 Å². The minimum Gasteiger partial charge on any atom is -0.495 e. The molecule has 0 atom stereocenters. The van der Waals surface area contributed by atoms with E-state index < -0.39 is 0 Å². The number of hydrogen-bond acceptors (Lipinski definition) is 5. The first kappa shape index (κ1) is 17.0. The van der Waals surface area contributed by atoms with Gasteiger partial charge in [0.05, 0.1) is 12.8 Å². The maximum absolute atomic E-state index is 12.2. The molecule has 2 aromatic rings. The zero-order valence-electron chi connectivity index (χ0n) is 14.4. The van der Waals surface area contributed by atoms with Gasteiger partial charge in [0.2, 0.25) is 0 Å². The lowest BCUT2D eigenvalue weighted by molar-refractivity contribution is 0.0942. The van der Waals surface area contributed by atoms with Gasteiger partial charge in [-0.05, 0) is 17.7 Å². The number of nitrogens with zero attached hydrogens (tertiary/aromatic N) is 2. The first-order valence-electron chi connectivity index (χ1n) is 8.31. The number of nitrogens with two attached hydrogens (primary N) is 1. The van der Waals surface area contributed by atoms with Gasteiger partial charge in [0, 0.05) is 37.9 Å². The maximum Gasteiger partial charge on any atom is 0.410 e. The number of piperazine rings is 1. The summed E-state index contributed by atoms with van der Waals surface area (Å²) >= 11 is 0. The number of anilines is 2. The number of nitrogen functional groups attached to an aromatic ring is 1. The molecular weight excluding hydrogens is 318 g/mol.